The molecule has 0 fully saturated rings. The zero-order valence-electron chi connectivity index (χ0n) is 11.5. The molecule has 0 aliphatic carbocycles. The smallest absolute Gasteiger partial charge is 0.136 e. The summed E-state index contributed by atoms with van der Waals surface area (Å²) in [5.74, 6) is 2.26. The summed E-state index contributed by atoms with van der Waals surface area (Å²) in [6.45, 7) is 3.22. The Balaban J connectivity index is 2.09. The van der Waals surface area contributed by atoms with E-state index >= 15 is 0 Å². The first kappa shape index (κ1) is 14.7. The van der Waals surface area contributed by atoms with Gasteiger partial charge in [-0.2, -0.15) is 0 Å². The summed E-state index contributed by atoms with van der Waals surface area (Å²) in [5.41, 5.74) is 0.981. The molecular weight excluding hydrogens is 320 g/mol. The van der Waals surface area contributed by atoms with Crippen LogP contribution in [0.15, 0.2) is 34.8 Å². The first-order valence-electron chi connectivity index (χ1n) is 6.28. The van der Waals surface area contributed by atoms with Crippen LogP contribution in [0.25, 0.3) is 0 Å². The van der Waals surface area contributed by atoms with Crippen LogP contribution in [0.5, 0.6) is 0 Å². The highest BCUT2D eigenvalue weighted by molar-refractivity contribution is 9.10. The van der Waals surface area contributed by atoms with Crippen LogP contribution in [-0.2, 0) is 4.74 Å². The van der Waals surface area contributed by atoms with Gasteiger partial charge in [-0.3, -0.25) is 0 Å². The Bertz CT molecular complexity index is 560. The van der Waals surface area contributed by atoms with Gasteiger partial charge >= 0.3 is 0 Å². The fourth-order valence-electron chi connectivity index (χ4n) is 1.68. The van der Waals surface area contributed by atoms with Gasteiger partial charge in [0.25, 0.3) is 0 Å². The summed E-state index contributed by atoms with van der Waals surface area (Å²) < 4.78 is 6.05. The zero-order chi connectivity index (χ0) is 14.4. The summed E-state index contributed by atoms with van der Waals surface area (Å²) in [4.78, 5) is 8.71. The third kappa shape index (κ3) is 4.47. The van der Waals surface area contributed by atoms with Crippen molar-refractivity contribution in [2.75, 3.05) is 30.9 Å². The quantitative estimate of drug-likeness (QED) is 0.792. The second-order valence-corrected chi connectivity index (χ2v) is 5.15. The first-order valence-corrected chi connectivity index (χ1v) is 7.08. The van der Waals surface area contributed by atoms with E-state index in [9.17, 15) is 0 Å². The monoisotopic (exact) mass is 336 g/mol. The lowest BCUT2D eigenvalue weighted by atomic mass is 10.3. The summed E-state index contributed by atoms with van der Waals surface area (Å²) in [6, 6.07) is 9.81. The lowest BCUT2D eigenvalue weighted by Crippen LogP contribution is -2.10. The molecule has 0 spiro atoms. The number of methoxy groups -OCH3 is 1. The van der Waals surface area contributed by atoms with Crippen LogP contribution in [0, 0.1) is 6.92 Å². The number of nitrogens with zero attached hydrogens (tertiary/aromatic N) is 2. The van der Waals surface area contributed by atoms with E-state index in [1.165, 1.54) is 0 Å². The maximum Gasteiger partial charge on any atom is 0.136 e. The van der Waals surface area contributed by atoms with Crippen molar-refractivity contribution in [3.8, 4) is 0 Å². The molecule has 2 rings (SSSR count). The summed E-state index contributed by atoms with van der Waals surface area (Å²) >= 11 is 3.41. The molecule has 2 aromatic rings. The molecule has 0 unspecified atom stereocenters. The number of halogens is 1. The van der Waals surface area contributed by atoms with E-state index in [0.29, 0.717) is 19.0 Å². The number of benzene rings is 1. The van der Waals surface area contributed by atoms with Crippen LogP contribution < -0.4 is 10.6 Å². The molecule has 0 atom stereocenters. The average molecular weight is 337 g/mol. The predicted molar refractivity (Wildman–Crippen MR) is 84.6 cm³/mol. The van der Waals surface area contributed by atoms with Gasteiger partial charge in [0.15, 0.2) is 0 Å². The van der Waals surface area contributed by atoms with Crippen molar-refractivity contribution < 1.29 is 4.74 Å². The van der Waals surface area contributed by atoms with Crippen molar-refractivity contribution in [3.63, 3.8) is 0 Å². The van der Waals surface area contributed by atoms with E-state index in [-0.39, 0.29) is 0 Å². The van der Waals surface area contributed by atoms with Crippen molar-refractivity contribution in [2.45, 2.75) is 6.92 Å². The lowest BCUT2D eigenvalue weighted by molar-refractivity contribution is 0.210. The first-order chi connectivity index (χ1) is 9.67. The molecule has 0 saturated carbocycles. The summed E-state index contributed by atoms with van der Waals surface area (Å²) in [7, 11) is 1.67. The van der Waals surface area contributed by atoms with Crippen molar-refractivity contribution in [3.05, 3.63) is 40.6 Å². The Morgan fingerprint density at radius 1 is 1.15 bits per heavy atom. The summed E-state index contributed by atoms with van der Waals surface area (Å²) in [5, 5.41) is 6.46. The molecular formula is C14H17BrN4O. The van der Waals surface area contributed by atoms with Crippen LogP contribution in [0.3, 0.4) is 0 Å². The van der Waals surface area contributed by atoms with Gasteiger partial charge in [-0.05, 0) is 31.2 Å². The molecule has 1 heterocycles. The molecule has 0 amide bonds. The van der Waals surface area contributed by atoms with Crippen molar-refractivity contribution in [1.29, 1.82) is 0 Å². The van der Waals surface area contributed by atoms with Crippen LogP contribution in [0.2, 0.25) is 0 Å². The predicted octanol–water partition coefficient (Wildman–Crippen LogP) is 3.35. The maximum absolute atomic E-state index is 5.00. The van der Waals surface area contributed by atoms with E-state index in [4.69, 9.17) is 4.74 Å². The van der Waals surface area contributed by atoms with Gasteiger partial charge < -0.3 is 15.4 Å². The van der Waals surface area contributed by atoms with Crippen LogP contribution in [-0.4, -0.2) is 30.2 Å². The van der Waals surface area contributed by atoms with E-state index < -0.39 is 0 Å². The minimum atomic E-state index is 0.637. The number of aromatic nitrogens is 2. The third-order valence-electron chi connectivity index (χ3n) is 2.57. The van der Waals surface area contributed by atoms with Gasteiger partial charge in [0.2, 0.25) is 0 Å². The molecule has 1 aromatic carbocycles. The Morgan fingerprint density at radius 2 is 1.85 bits per heavy atom. The zero-order valence-corrected chi connectivity index (χ0v) is 13.1. The minimum Gasteiger partial charge on any atom is -0.383 e. The highest BCUT2D eigenvalue weighted by Gasteiger charge is 2.02. The number of hydrogen-bond acceptors (Lipinski definition) is 5. The molecule has 20 heavy (non-hydrogen) atoms. The Morgan fingerprint density at radius 3 is 2.55 bits per heavy atom. The Hall–Kier alpha value is -1.66. The number of rotatable bonds is 6. The van der Waals surface area contributed by atoms with E-state index in [0.717, 1.165) is 21.8 Å². The van der Waals surface area contributed by atoms with Crippen molar-refractivity contribution >= 4 is 33.3 Å². The molecule has 0 bridgehead atoms. The molecule has 1 aromatic heterocycles. The number of hydrogen-bond donors (Lipinski definition) is 2. The SMILES string of the molecule is COCCNc1cc(Nc2ccc(Br)cc2)nc(C)n1. The minimum absolute atomic E-state index is 0.637. The van der Waals surface area contributed by atoms with Gasteiger partial charge in [-0.25, -0.2) is 9.97 Å². The highest BCUT2D eigenvalue weighted by atomic mass is 79.9. The van der Waals surface area contributed by atoms with Crippen LogP contribution in [0.1, 0.15) is 5.82 Å². The second kappa shape index (κ2) is 7.21. The molecule has 0 saturated heterocycles. The molecule has 0 aliphatic rings. The largest absolute Gasteiger partial charge is 0.383 e. The van der Waals surface area contributed by atoms with Crippen LogP contribution >= 0.6 is 15.9 Å². The van der Waals surface area contributed by atoms with Crippen molar-refractivity contribution in [1.82, 2.24) is 9.97 Å². The van der Waals surface area contributed by atoms with E-state index in [1.54, 1.807) is 7.11 Å². The Labute approximate surface area is 126 Å². The van der Waals surface area contributed by atoms with Gasteiger partial charge in [0.1, 0.15) is 17.5 Å². The number of nitrogens with one attached hydrogen (secondary N) is 2. The number of anilines is 3. The van der Waals surface area contributed by atoms with Gasteiger partial charge in [-0.1, -0.05) is 15.9 Å². The molecule has 0 aliphatic heterocycles. The fraction of sp³-hybridized carbons (Fsp3) is 0.286. The number of ether oxygens (including phenoxy) is 1. The van der Waals surface area contributed by atoms with Crippen molar-refractivity contribution in [2.24, 2.45) is 0 Å². The topological polar surface area (TPSA) is 59.1 Å². The molecule has 5 nitrogen and oxygen atoms in total. The standard InChI is InChI=1S/C14H17BrN4O/c1-10-17-13(16-7-8-20-2)9-14(18-10)19-12-5-3-11(15)4-6-12/h3-6,9H,7-8H2,1-2H3,(H2,16,17,18,19). The Kier molecular flexibility index (Phi) is 5.31. The van der Waals surface area contributed by atoms with Crippen LogP contribution in [0.4, 0.5) is 17.3 Å². The fourth-order valence-corrected chi connectivity index (χ4v) is 1.95. The van der Waals surface area contributed by atoms with E-state index in [1.807, 2.05) is 37.3 Å². The van der Waals surface area contributed by atoms with Gasteiger partial charge in [-0.15, -0.1) is 0 Å². The molecule has 2 N–H and O–H groups in total. The summed E-state index contributed by atoms with van der Waals surface area (Å²) in [6.07, 6.45) is 0. The average Bonchev–Trinajstić information content (AvgIpc) is 2.41. The molecule has 0 radical (unpaired) electrons. The lowest BCUT2D eigenvalue weighted by Gasteiger charge is -2.10. The highest BCUT2D eigenvalue weighted by Crippen LogP contribution is 2.19. The molecule has 106 valence electrons. The normalized spacial score (nSPS) is 10.3. The maximum atomic E-state index is 5.00. The number of aryl methyl sites for hydroxylation is 1. The van der Waals surface area contributed by atoms with E-state index in [2.05, 4.69) is 36.5 Å². The third-order valence-corrected chi connectivity index (χ3v) is 3.10. The second-order valence-electron chi connectivity index (χ2n) is 4.24. The van der Waals surface area contributed by atoms with Gasteiger partial charge in [0, 0.05) is 29.9 Å². The molecule has 6 heteroatoms. The van der Waals surface area contributed by atoms with Gasteiger partial charge in [0.05, 0.1) is 6.61 Å².